The normalized spacial score (nSPS) is 13.8. The average molecular weight is 391 g/mol. The van der Waals surface area contributed by atoms with Gasteiger partial charge >= 0.3 is 0 Å². The second-order valence-corrected chi connectivity index (χ2v) is 7.37. The third-order valence-corrected chi connectivity index (χ3v) is 5.50. The van der Waals surface area contributed by atoms with Gasteiger partial charge in [-0.05, 0) is 25.1 Å². The molecule has 7 nitrogen and oxygen atoms in total. The number of nitrogens with one attached hydrogen (secondary N) is 1. The first-order valence-corrected chi connectivity index (χ1v) is 9.73. The van der Waals surface area contributed by atoms with Crippen molar-refractivity contribution < 1.29 is 19.0 Å². The Morgan fingerprint density at radius 3 is 2.52 bits per heavy atom. The zero-order chi connectivity index (χ0) is 19.4. The van der Waals surface area contributed by atoms with Crippen LogP contribution < -0.4 is 19.5 Å². The molecule has 0 unspecified atom stereocenters. The zero-order valence-corrected chi connectivity index (χ0v) is 16.9. The molecule has 27 heavy (non-hydrogen) atoms. The lowest BCUT2D eigenvalue weighted by molar-refractivity contribution is 0.102. The van der Waals surface area contributed by atoms with Crippen LogP contribution in [-0.4, -0.2) is 50.2 Å². The minimum atomic E-state index is -0.259. The van der Waals surface area contributed by atoms with E-state index in [0.717, 1.165) is 38.2 Å². The number of benzene rings is 1. The molecule has 1 amide bonds. The number of rotatable bonds is 7. The van der Waals surface area contributed by atoms with E-state index in [2.05, 4.69) is 22.1 Å². The van der Waals surface area contributed by atoms with E-state index in [1.165, 1.54) is 26.2 Å². The largest absolute Gasteiger partial charge is 0.493 e. The van der Waals surface area contributed by atoms with E-state index in [9.17, 15) is 4.79 Å². The van der Waals surface area contributed by atoms with E-state index in [4.69, 9.17) is 14.2 Å². The van der Waals surface area contributed by atoms with Crippen molar-refractivity contribution >= 4 is 22.4 Å². The molecular formula is C19H25N3O4S. The Balaban J connectivity index is 1.78. The minimum Gasteiger partial charge on any atom is -0.493 e. The number of hydrogen-bond acceptors (Lipinski definition) is 7. The Kier molecular flexibility index (Phi) is 6.18. The fraction of sp³-hybridized carbons (Fsp3) is 0.474. The number of fused-ring (bicyclic) bond motifs is 1. The summed E-state index contributed by atoms with van der Waals surface area (Å²) in [5, 5.41) is 3.52. The van der Waals surface area contributed by atoms with Gasteiger partial charge in [0.05, 0.1) is 27.0 Å². The highest BCUT2D eigenvalue weighted by atomic mass is 32.1. The average Bonchev–Trinajstić information content (AvgIpc) is 3.08. The molecule has 1 N–H and O–H groups in total. The fourth-order valence-electron chi connectivity index (χ4n) is 3.19. The molecule has 8 heteroatoms. The number of carbonyl (C=O) groups excluding carboxylic acids is 1. The van der Waals surface area contributed by atoms with Crippen LogP contribution in [0.1, 0.15) is 34.3 Å². The molecule has 0 saturated carbocycles. The van der Waals surface area contributed by atoms with E-state index in [1.54, 1.807) is 23.5 Å². The number of carbonyl (C=O) groups is 1. The first-order chi connectivity index (χ1) is 13.1. The van der Waals surface area contributed by atoms with Crippen molar-refractivity contribution in [2.45, 2.75) is 26.3 Å². The number of ether oxygens (including phenoxy) is 3. The van der Waals surface area contributed by atoms with Crippen molar-refractivity contribution in [2.75, 3.05) is 39.7 Å². The number of methoxy groups -OCH3 is 3. The number of aromatic nitrogens is 1. The summed E-state index contributed by atoms with van der Waals surface area (Å²) in [5.41, 5.74) is 1.51. The van der Waals surface area contributed by atoms with Crippen LogP contribution in [0, 0.1) is 0 Å². The van der Waals surface area contributed by atoms with E-state index < -0.39 is 0 Å². The fourth-order valence-corrected chi connectivity index (χ4v) is 4.24. The van der Waals surface area contributed by atoms with Crippen LogP contribution in [-0.2, 0) is 13.0 Å². The summed E-state index contributed by atoms with van der Waals surface area (Å²) >= 11 is 1.54. The van der Waals surface area contributed by atoms with Crippen LogP contribution in [0.4, 0.5) is 5.13 Å². The molecule has 2 heterocycles. The van der Waals surface area contributed by atoms with Crippen molar-refractivity contribution in [1.82, 2.24) is 9.88 Å². The SMILES string of the molecule is CCCN1CCc2nc(NC(=O)c3cc(OC)c(OC)c(OC)c3)sc2C1. The van der Waals surface area contributed by atoms with Gasteiger partial charge in [0.15, 0.2) is 16.6 Å². The monoisotopic (exact) mass is 391 g/mol. The quantitative estimate of drug-likeness (QED) is 0.781. The number of hydrogen-bond donors (Lipinski definition) is 1. The molecule has 1 aromatic heterocycles. The van der Waals surface area contributed by atoms with E-state index in [1.807, 2.05) is 0 Å². The number of thiazole rings is 1. The predicted octanol–water partition coefficient (Wildman–Crippen LogP) is 3.19. The highest BCUT2D eigenvalue weighted by Crippen LogP contribution is 2.38. The summed E-state index contributed by atoms with van der Waals surface area (Å²) in [6.07, 6.45) is 2.06. The maximum Gasteiger partial charge on any atom is 0.257 e. The molecule has 0 radical (unpaired) electrons. The maximum atomic E-state index is 12.7. The molecule has 2 aromatic rings. The van der Waals surface area contributed by atoms with Gasteiger partial charge in [-0.3, -0.25) is 15.0 Å². The topological polar surface area (TPSA) is 72.9 Å². The maximum absolute atomic E-state index is 12.7. The number of amides is 1. The van der Waals surface area contributed by atoms with Gasteiger partial charge in [-0.15, -0.1) is 11.3 Å². The number of anilines is 1. The summed E-state index contributed by atoms with van der Waals surface area (Å²) in [6.45, 7) is 5.20. The minimum absolute atomic E-state index is 0.259. The summed E-state index contributed by atoms with van der Waals surface area (Å²) in [7, 11) is 4.58. The first kappa shape index (κ1) is 19.4. The molecule has 1 aliphatic rings. The Morgan fingerprint density at radius 1 is 1.22 bits per heavy atom. The molecule has 0 aliphatic carbocycles. The van der Waals surface area contributed by atoms with Gasteiger partial charge in [-0.25, -0.2) is 4.98 Å². The second kappa shape index (κ2) is 8.58. The Labute approximate surface area is 163 Å². The standard InChI is InChI=1S/C19H25N3O4S/c1-5-7-22-8-6-13-16(11-22)27-19(20-13)21-18(23)12-9-14(24-2)17(26-4)15(10-12)25-3/h9-10H,5-8,11H2,1-4H3,(H,20,21,23). The lowest BCUT2D eigenvalue weighted by Gasteiger charge is -2.24. The molecule has 0 saturated heterocycles. The van der Waals surface area contributed by atoms with Crippen molar-refractivity contribution in [1.29, 1.82) is 0 Å². The van der Waals surface area contributed by atoms with E-state index in [0.29, 0.717) is 27.9 Å². The van der Waals surface area contributed by atoms with Crippen molar-refractivity contribution in [3.63, 3.8) is 0 Å². The van der Waals surface area contributed by atoms with Crippen LogP contribution >= 0.6 is 11.3 Å². The molecule has 146 valence electrons. The summed E-state index contributed by atoms with van der Waals surface area (Å²) in [6, 6.07) is 3.26. The van der Waals surface area contributed by atoms with Gasteiger partial charge in [0, 0.05) is 30.0 Å². The predicted molar refractivity (Wildman–Crippen MR) is 105 cm³/mol. The summed E-state index contributed by atoms with van der Waals surface area (Å²) in [4.78, 5) is 21.0. The highest BCUT2D eigenvalue weighted by molar-refractivity contribution is 7.15. The van der Waals surface area contributed by atoms with Crippen LogP contribution in [0.25, 0.3) is 0 Å². The van der Waals surface area contributed by atoms with Gasteiger partial charge in [0.25, 0.3) is 5.91 Å². The third-order valence-electron chi connectivity index (χ3n) is 4.50. The molecular weight excluding hydrogens is 366 g/mol. The van der Waals surface area contributed by atoms with E-state index >= 15 is 0 Å². The van der Waals surface area contributed by atoms with Crippen LogP contribution in [0.15, 0.2) is 12.1 Å². The second-order valence-electron chi connectivity index (χ2n) is 6.28. The molecule has 1 aliphatic heterocycles. The highest BCUT2D eigenvalue weighted by Gasteiger charge is 2.22. The van der Waals surface area contributed by atoms with Crippen molar-refractivity contribution in [3.8, 4) is 17.2 Å². The van der Waals surface area contributed by atoms with Crippen LogP contribution in [0.2, 0.25) is 0 Å². The summed E-state index contributed by atoms with van der Waals surface area (Å²) < 4.78 is 15.9. The first-order valence-electron chi connectivity index (χ1n) is 8.91. The smallest absolute Gasteiger partial charge is 0.257 e. The van der Waals surface area contributed by atoms with Gasteiger partial charge < -0.3 is 14.2 Å². The Hall–Kier alpha value is -2.32. The lowest BCUT2D eigenvalue weighted by Crippen LogP contribution is -2.30. The molecule has 0 spiro atoms. The molecule has 0 atom stereocenters. The van der Waals surface area contributed by atoms with E-state index in [-0.39, 0.29) is 5.91 Å². The third kappa shape index (κ3) is 4.17. The summed E-state index contributed by atoms with van der Waals surface area (Å²) in [5.74, 6) is 1.08. The Morgan fingerprint density at radius 2 is 1.93 bits per heavy atom. The van der Waals surface area contributed by atoms with Gasteiger partial charge in [0.1, 0.15) is 0 Å². The molecule has 0 bridgehead atoms. The van der Waals surface area contributed by atoms with Crippen molar-refractivity contribution in [2.24, 2.45) is 0 Å². The lowest BCUT2D eigenvalue weighted by atomic mass is 10.1. The van der Waals surface area contributed by atoms with Crippen LogP contribution in [0.5, 0.6) is 17.2 Å². The van der Waals surface area contributed by atoms with Gasteiger partial charge in [-0.1, -0.05) is 6.92 Å². The zero-order valence-electron chi connectivity index (χ0n) is 16.1. The van der Waals surface area contributed by atoms with Crippen LogP contribution in [0.3, 0.4) is 0 Å². The molecule has 0 fully saturated rings. The number of nitrogens with zero attached hydrogens (tertiary/aromatic N) is 2. The molecule has 1 aromatic carbocycles. The molecule has 3 rings (SSSR count). The van der Waals surface area contributed by atoms with Gasteiger partial charge in [-0.2, -0.15) is 0 Å². The van der Waals surface area contributed by atoms with Crippen molar-refractivity contribution in [3.05, 3.63) is 28.3 Å². The Bertz CT molecular complexity index is 796. The van der Waals surface area contributed by atoms with Gasteiger partial charge in [0.2, 0.25) is 5.75 Å².